The van der Waals surface area contributed by atoms with Crippen LogP contribution in [0.25, 0.3) is 0 Å². The minimum atomic E-state index is 0.0380. The van der Waals surface area contributed by atoms with Gasteiger partial charge in [-0.25, -0.2) is 4.98 Å². The lowest BCUT2D eigenvalue weighted by molar-refractivity contribution is 0.193. The lowest BCUT2D eigenvalue weighted by Gasteiger charge is -2.27. The van der Waals surface area contributed by atoms with E-state index >= 15 is 0 Å². The van der Waals surface area contributed by atoms with E-state index in [2.05, 4.69) is 23.7 Å². The summed E-state index contributed by atoms with van der Waals surface area (Å²) in [7, 11) is 0. The van der Waals surface area contributed by atoms with Crippen LogP contribution in [0.5, 0.6) is 0 Å². The highest BCUT2D eigenvalue weighted by Crippen LogP contribution is 2.24. The van der Waals surface area contributed by atoms with Crippen LogP contribution < -0.4 is 0 Å². The van der Waals surface area contributed by atoms with E-state index in [1.54, 1.807) is 6.20 Å². The number of hydrogen-bond donors (Lipinski definition) is 1. The van der Waals surface area contributed by atoms with Gasteiger partial charge in [0.2, 0.25) is 0 Å². The summed E-state index contributed by atoms with van der Waals surface area (Å²) in [5, 5.41) is 9.10. The average Bonchev–Trinajstić information content (AvgIpc) is 2.97. The zero-order chi connectivity index (χ0) is 13.1. The maximum atomic E-state index is 9.10. The SMILES string of the molecule is CC(CO)c1cnc(CC2CCCN2C(C)C)o1. The molecule has 0 saturated carbocycles. The molecule has 1 fully saturated rings. The van der Waals surface area contributed by atoms with Crippen molar-refractivity contribution in [2.75, 3.05) is 13.2 Å². The molecule has 0 spiro atoms. The van der Waals surface area contributed by atoms with Gasteiger partial charge in [0.1, 0.15) is 5.76 Å². The first-order valence-electron chi connectivity index (χ1n) is 6.93. The molecule has 4 nitrogen and oxygen atoms in total. The van der Waals surface area contributed by atoms with Crippen LogP contribution in [0.15, 0.2) is 10.6 Å². The molecule has 1 saturated heterocycles. The van der Waals surface area contributed by atoms with Crippen molar-refractivity contribution in [3.63, 3.8) is 0 Å². The van der Waals surface area contributed by atoms with Crippen molar-refractivity contribution in [2.45, 2.75) is 58.0 Å². The molecule has 18 heavy (non-hydrogen) atoms. The van der Waals surface area contributed by atoms with Gasteiger partial charge >= 0.3 is 0 Å². The third kappa shape index (κ3) is 2.93. The van der Waals surface area contributed by atoms with Gasteiger partial charge in [0.05, 0.1) is 12.8 Å². The zero-order valence-corrected chi connectivity index (χ0v) is 11.6. The summed E-state index contributed by atoms with van der Waals surface area (Å²) >= 11 is 0. The number of aliphatic hydroxyl groups excluding tert-OH is 1. The second kappa shape index (κ2) is 5.85. The summed E-state index contributed by atoms with van der Waals surface area (Å²) in [5.41, 5.74) is 0. The molecule has 2 rings (SSSR count). The van der Waals surface area contributed by atoms with Crippen LogP contribution in [0, 0.1) is 0 Å². The van der Waals surface area contributed by atoms with Crippen molar-refractivity contribution in [1.82, 2.24) is 9.88 Å². The standard InChI is InChI=1S/C14H24N2O2/c1-10(2)16-6-4-5-12(16)7-14-15-8-13(18-14)11(3)9-17/h8,10-12,17H,4-7,9H2,1-3H3. The highest BCUT2D eigenvalue weighted by atomic mass is 16.4. The molecule has 2 unspecified atom stereocenters. The van der Waals surface area contributed by atoms with Crippen molar-refractivity contribution in [1.29, 1.82) is 0 Å². The van der Waals surface area contributed by atoms with E-state index in [0.717, 1.165) is 18.1 Å². The summed E-state index contributed by atoms with van der Waals surface area (Å²) in [6.45, 7) is 7.72. The monoisotopic (exact) mass is 252 g/mol. The fraction of sp³-hybridized carbons (Fsp3) is 0.786. The summed E-state index contributed by atoms with van der Waals surface area (Å²) in [6.07, 6.45) is 5.14. The van der Waals surface area contributed by atoms with Crippen LogP contribution in [-0.2, 0) is 6.42 Å². The van der Waals surface area contributed by atoms with Crippen molar-refractivity contribution < 1.29 is 9.52 Å². The third-order valence-corrected chi connectivity index (χ3v) is 3.83. The second-order valence-corrected chi connectivity index (χ2v) is 5.57. The molecule has 2 heterocycles. The maximum Gasteiger partial charge on any atom is 0.195 e. The lowest BCUT2D eigenvalue weighted by Crippen LogP contribution is -2.36. The van der Waals surface area contributed by atoms with Crippen molar-refractivity contribution in [2.24, 2.45) is 0 Å². The number of oxazole rings is 1. The molecule has 0 bridgehead atoms. The predicted molar refractivity (Wildman–Crippen MR) is 70.6 cm³/mol. The Bertz CT molecular complexity index is 376. The van der Waals surface area contributed by atoms with E-state index in [-0.39, 0.29) is 12.5 Å². The molecular formula is C14H24N2O2. The number of nitrogens with zero attached hydrogens (tertiary/aromatic N) is 2. The summed E-state index contributed by atoms with van der Waals surface area (Å²) in [4.78, 5) is 6.87. The Morgan fingerprint density at radius 1 is 1.50 bits per heavy atom. The van der Waals surface area contributed by atoms with Crippen molar-refractivity contribution >= 4 is 0 Å². The number of aromatic nitrogens is 1. The molecule has 1 aliphatic rings. The van der Waals surface area contributed by atoms with Crippen LogP contribution in [-0.4, -0.2) is 40.2 Å². The average molecular weight is 252 g/mol. The first-order valence-corrected chi connectivity index (χ1v) is 6.93. The number of hydrogen-bond acceptors (Lipinski definition) is 4. The Hall–Kier alpha value is -0.870. The highest BCUT2D eigenvalue weighted by molar-refractivity contribution is 5.02. The topological polar surface area (TPSA) is 49.5 Å². The first kappa shape index (κ1) is 13.6. The Labute approximate surface area is 109 Å². The molecule has 4 heteroatoms. The molecule has 0 aliphatic carbocycles. The van der Waals surface area contributed by atoms with Gasteiger partial charge in [-0.15, -0.1) is 0 Å². The van der Waals surface area contributed by atoms with E-state index in [1.807, 2.05) is 6.92 Å². The smallest absolute Gasteiger partial charge is 0.195 e. The van der Waals surface area contributed by atoms with E-state index in [9.17, 15) is 0 Å². The molecule has 1 aromatic rings. The van der Waals surface area contributed by atoms with Gasteiger partial charge in [-0.3, -0.25) is 4.90 Å². The summed E-state index contributed by atoms with van der Waals surface area (Å²) in [5.74, 6) is 1.64. The van der Waals surface area contributed by atoms with E-state index < -0.39 is 0 Å². The predicted octanol–water partition coefficient (Wildman–Crippen LogP) is 2.19. The molecule has 0 radical (unpaired) electrons. The fourth-order valence-electron chi connectivity index (χ4n) is 2.70. The molecule has 1 aliphatic heterocycles. The molecule has 0 aromatic carbocycles. The second-order valence-electron chi connectivity index (χ2n) is 5.57. The Morgan fingerprint density at radius 2 is 2.28 bits per heavy atom. The Morgan fingerprint density at radius 3 is 2.94 bits per heavy atom. The van der Waals surface area contributed by atoms with Crippen molar-refractivity contribution in [3.8, 4) is 0 Å². The molecule has 102 valence electrons. The van der Waals surface area contributed by atoms with Crippen LogP contribution >= 0.6 is 0 Å². The number of likely N-dealkylation sites (tertiary alicyclic amines) is 1. The quantitative estimate of drug-likeness (QED) is 0.872. The highest BCUT2D eigenvalue weighted by Gasteiger charge is 2.28. The van der Waals surface area contributed by atoms with Gasteiger partial charge in [0, 0.05) is 24.4 Å². The van der Waals surface area contributed by atoms with Crippen LogP contribution in [0.2, 0.25) is 0 Å². The summed E-state index contributed by atoms with van der Waals surface area (Å²) in [6, 6.07) is 1.14. The molecule has 2 atom stereocenters. The fourth-order valence-corrected chi connectivity index (χ4v) is 2.70. The molecule has 1 N–H and O–H groups in total. The third-order valence-electron chi connectivity index (χ3n) is 3.83. The van der Waals surface area contributed by atoms with E-state index in [0.29, 0.717) is 12.1 Å². The van der Waals surface area contributed by atoms with Gasteiger partial charge in [0.15, 0.2) is 5.89 Å². The van der Waals surface area contributed by atoms with Crippen LogP contribution in [0.1, 0.15) is 51.2 Å². The lowest BCUT2D eigenvalue weighted by atomic mass is 10.1. The first-order chi connectivity index (χ1) is 8.61. The van der Waals surface area contributed by atoms with Gasteiger partial charge in [-0.1, -0.05) is 6.92 Å². The minimum absolute atomic E-state index is 0.0380. The van der Waals surface area contributed by atoms with Gasteiger partial charge in [0.25, 0.3) is 0 Å². The Balaban J connectivity index is 1.98. The van der Waals surface area contributed by atoms with Crippen molar-refractivity contribution in [3.05, 3.63) is 17.8 Å². The largest absolute Gasteiger partial charge is 0.445 e. The minimum Gasteiger partial charge on any atom is -0.445 e. The molecule has 1 aromatic heterocycles. The van der Waals surface area contributed by atoms with Crippen LogP contribution in [0.3, 0.4) is 0 Å². The van der Waals surface area contributed by atoms with E-state index in [4.69, 9.17) is 9.52 Å². The van der Waals surface area contributed by atoms with Crippen LogP contribution in [0.4, 0.5) is 0 Å². The zero-order valence-electron chi connectivity index (χ0n) is 11.6. The molecule has 0 amide bonds. The van der Waals surface area contributed by atoms with Gasteiger partial charge < -0.3 is 9.52 Å². The Kier molecular flexibility index (Phi) is 4.40. The van der Waals surface area contributed by atoms with Gasteiger partial charge in [-0.05, 0) is 33.2 Å². The molecular weight excluding hydrogens is 228 g/mol. The maximum absolute atomic E-state index is 9.10. The van der Waals surface area contributed by atoms with E-state index in [1.165, 1.54) is 19.4 Å². The van der Waals surface area contributed by atoms with Gasteiger partial charge in [-0.2, -0.15) is 0 Å². The number of rotatable bonds is 5. The number of aliphatic hydroxyl groups is 1. The normalized spacial score (nSPS) is 22.8. The summed E-state index contributed by atoms with van der Waals surface area (Å²) < 4.78 is 5.73.